The van der Waals surface area contributed by atoms with Crippen LogP contribution in [-0.2, 0) is 7.05 Å². The molecule has 180 valence electrons. The molecule has 1 aliphatic heterocycles. The molecule has 36 heavy (non-hydrogen) atoms. The minimum Gasteiger partial charge on any atom is -0.383 e. The second-order valence-electron chi connectivity index (χ2n) is 8.62. The Kier molecular flexibility index (Phi) is 6.23. The Bertz CT molecular complexity index is 1480. The van der Waals surface area contributed by atoms with Crippen molar-refractivity contribution in [2.24, 2.45) is 7.05 Å². The first-order valence-electron chi connectivity index (χ1n) is 11.4. The zero-order valence-electron chi connectivity index (χ0n) is 19.5. The van der Waals surface area contributed by atoms with E-state index in [1.165, 1.54) is 11.3 Å². The highest BCUT2D eigenvalue weighted by Crippen LogP contribution is 2.28. The smallest absolute Gasteiger partial charge is 0.255 e. The molecule has 1 saturated heterocycles. The fraction of sp³-hybridized carbons (Fsp3) is 0.192. The molecular formula is C26H23N7O2S. The number of nitrogens with zero attached hydrogens (tertiary/aromatic N) is 5. The van der Waals surface area contributed by atoms with Crippen molar-refractivity contribution in [3.63, 3.8) is 0 Å². The molecule has 0 unspecified atom stereocenters. The first-order valence-corrected chi connectivity index (χ1v) is 12.2. The van der Waals surface area contributed by atoms with Gasteiger partial charge in [0.05, 0.1) is 11.8 Å². The van der Waals surface area contributed by atoms with E-state index < -0.39 is 0 Å². The molecule has 10 heteroatoms. The van der Waals surface area contributed by atoms with Gasteiger partial charge in [-0.3, -0.25) is 14.3 Å². The molecule has 1 fully saturated rings. The number of benzene rings is 1. The van der Waals surface area contributed by atoms with Crippen LogP contribution in [0.1, 0.15) is 32.0 Å². The molecule has 0 spiro atoms. The van der Waals surface area contributed by atoms with Crippen LogP contribution in [0.3, 0.4) is 0 Å². The largest absolute Gasteiger partial charge is 0.383 e. The van der Waals surface area contributed by atoms with E-state index in [-0.39, 0.29) is 23.7 Å². The van der Waals surface area contributed by atoms with Gasteiger partial charge < -0.3 is 16.0 Å². The van der Waals surface area contributed by atoms with Gasteiger partial charge in [-0.15, -0.1) is 11.3 Å². The van der Waals surface area contributed by atoms with Crippen LogP contribution in [-0.4, -0.2) is 50.6 Å². The maximum absolute atomic E-state index is 13.0. The predicted molar refractivity (Wildman–Crippen MR) is 137 cm³/mol. The van der Waals surface area contributed by atoms with Crippen molar-refractivity contribution in [1.82, 2.24) is 25.0 Å². The lowest BCUT2D eigenvalue weighted by Crippen LogP contribution is -2.38. The molecule has 3 aromatic heterocycles. The fourth-order valence-electron chi connectivity index (χ4n) is 4.22. The van der Waals surface area contributed by atoms with Crippen molar-refractivity contribution in [1.29, 1.82) is 5.26 Å². The average Bonchev–Trinajstić information content (AvgIpc) is 3.65. The van der Waals surface area contributed by atoms with E-state index in [1.54, 1.807) is 46.2 Å². The van der Waals surface area contributed by atoms with Gasteiger partial charge in [-0.25, -0.2) is 4.98 Å². The molecule has 0 aliphatic carbocycles. The molecule has 9 nitrogen and oxygen atoms in total. The minimum atomic E-state index is -0.318. The van der Waals surface area contributed by atoms with E-state index in [1.807, 2.05) is 31.4 Å². The van der Waals surface area contributed by atoms with E-state index in [0.29, 0.717) is 35.5 Å². The lowest BCUT2D eigenvalue weighted by Gasteiger charge is -2.18. The Balaban J connectivity index is 1.22. The van der Waals surface area contributed by atoms with Crippen molar-refractivity contribution in [3.8, 4) is 27.6 Å². The number of rotatable bonds is 5. The van der Waals surface area contributed by atoms with Crippen LogP contribution < -0.4 is 11.1 Å². The third-order valence-corrected chi connectivity index (χ3v) is 7.18. The number of nitrogens with two attached hydrogens (primary N) is 1. The predicted octanol–water partition coefficient (Wildman–Crippen LogP) is 3.31. The van der Waals surface area contributed by atoms with Crippen molar-refractivity contribution >= 4 is 29.0 Å². The van der Waals surface area contributed by atoms with Gasteiger partial charge in [-0.05, 0) is 42.3 Å². The van der Waals surface area contributed by atoms with E-state index in [4.69, 9.17) is 11.0 Å². The summed E-state index contributed by atoms with van der Waals surface area (Å²) in [6.45, 7) is 0.962. The highest BCUT2D eigenvalue weighted by Gasteiger charge is 2.29. The number of thiophene rings is 1. The number of aromatic nitrogens is 3. The summed E-state index contributed by atoms with van der Waals surface area (Å²) in [6, 6.07) is 14.7. The molecule has 2 amide bonds. The van der Waals surface area contributed by atoms with Gasteiger partial charge in [0.1, 0.15) is 16.8 Å². The Morgan fingerprint density at radius 1 is 1.14 bits per heavy atom. The molecule has 4 aromatic rings. The Morgan fingerprint density at radius 3 is 2.64 bits per heavy atom. The average molecular weight is 498 g/mol. The molecule has 0 radical (unpaired) electrons. The third kappa shape index (κ3) is 4.69. The van der Waals surface area contributed by atoms with Crippen molar-refractivity contribution in [2.75, 3.05) is 18.8 Å². The van der Waals surface area contributed by atoms with Gasteiger partial charge >= 0.3 is 0 Å². The minimum absolute atomic E-state index is 0.0815. The summed E-state index contributed by atoms with van der Waals surface area (Å²) in [7, 11) is 1.82. The Hall–Kier alpha value is -4.49. The number of pyridine rings is 1. The summed E-state index contributed by atoms with van der Waals surface area (Å²) in [5.74, 6) is -0.247. The van der Waals surface area contributed by atoms with E-state index in [0.717, 1.165) is 21.6 Å². The Morgan fingerprint density at radius 2 is 1.94 bits per heavy atom. The number of amides is 2. The molecule has 5 rings (SSSR count). The number of anilines is 1. The van der Waals surface area contributed by atoms with Crippen LogP contribution in [0.4, 0.5) is 5.82 Å². The second kappa shape index (κ2) is 9.64. The summed E-state index contributed by atoms with van der Waals surface area (Å²) < 4.78 is 1.68. The Labute approximate surface area is 211 Å². The fourth-order valence-corrected chi connectivity index (χ4v) is 5.03. The maximum Gasteiger partial charge on any atom is 0.255 e. The van der Waals surface area contributed by atoms with Crippen LogP contribution in [0, 0.1) is 11.3 Å². The van der Waals surface area contributed by atoms with Crippen molar-refractivity contribution < 1.29 is 9.59 Å². The van der Waals surface area contributed by atoms with Crippen LogP contribution in [0.2, 0.25) is 0 Å². The van der Waals surface area contributed by atoms with Gasteiger partial charge in [0.15, 0.2) is 0 Å². The molecule has 3 N–H and O–H groups in total. The zero-order chi connectivity index (χ0) is 25.2. The standard InChI is InChI=1S/C26H23N7O2S/c1-32-14-19(13-30-32)18-10-22(24(28)29-12-18)25(34)31-20-8-9-33(15-20)26(35)17-4-2-16(3-5-17)23-7-6-21(11-27)36-23/h2-7,10,12-14,20H,8-9,15H2,1H3,(H2,28,29)(H,31,34)/t20-/m1/s1. The van der Waals surface area contributed by atoms with Gasteiger partial charge in [-0.1, -0.05) is 12.1 Å². The molecule has 1 aromatic carbocycles. The number of likely N-dealkylation sites (tertiary alicyclic amines) is 1. The third-order valence-electron chi connectivity index (χ3n) is 6.14. The summed E-state index contributed by atoms with van der Waals surface area (Å²) in [6.07, 6.45) is 5.81. The molecule has 1 atom stereocenters. The van der Waals surface area contributed by atoms with Crippen LogP contribution in [0.15, 0.2) is 61.1 Å². The number of carbonyl (C=O) groups is 2. The summed E-state index contributed by atoms with van der Waals surface area (Å²) in [5, 5.41) is 16.2. The number of carbonyl (C=O) groups excluding carboxylic acids is 2. The van der Waals surface area contributed by atoms with Gasteiger partial charge in [-0.2, -0.15) is 10.4 Å². The van der Waals surface area contributed by atoms with E-state index in [9.17, 15) is 9.59 Å². The number of aryl methyl sites for hydroxylation is 1. The number of nitrogen functional groups attached to an aromatic ring is 1. The number of hydrogen-bond donors (Lipinski definition) is 2. The summed E-state index contributed by atoms with van der Waals surface area (Å²) in [4.78, 5) is 33.6. The van der Waals surface area contributed by atoms with Gasteiger partial charge in [0.2, 0.25) is 0 Å². The normalized spacial score (nSPS) is 15.0. The number of nitrogens with one attached hydrogen (secondary N) is 1. The molecular weight excluding hydrogens is 474 g/mol. The van der Waals surface area contributed by atoms with Crippen molar-refractivity contribution in [2.45, 2.75) is 12.5 Å². The van der Waals surface area contributed by atoms with Gasteiger partial charge in [0.25, 0.3) is 11.8 Å². The van der Waals surface area contributed by atoms with Crippen LogP contribution >= 0.6 is 11.3 Å². The monoisotopic (exact) mass is 497 g/mol. The summed E-state index contributed by atoms with van der Waals surface area (Å²) in [5.41, 5.74) is 9.42. The van der Waals surface area contributed by atoms with Crippen molar-refractivity contribution in [3.05, 3.63) is 77.1 Å². The maximum atomic E-state index is 13.0. The highest BCUT2D eigenvalue weighted by atomic mass is 32.1. The number of nitriles is 1. The first kappa shape index (κ1) is 23.3. The first-order chi connectivity index (χ1) is 17.4. The molecule has 0 bridgehead atoms. The zero-order valence-corrected chi connectivity index (χ0v) is 20.3. The SMILES string of the molecule is Cn1cc(-c2cnc(N)c(C(=O)N[C@@H]3CCN(C(=O)c4ccc(-c5ccc(C#N)s5)cc4)C3)c2)cn1. The van der Waals surface area contributed by atoms with E-state index in [2.05, 4.69) is 21.5 Å². The van der Waals surface area contributed by atoms with Crippen LogP contribution in [0.5, 0.6) is 0 Å². The topological polar surface area (TPSA) is 130 Å². The highest BCUT2D eigenvalue weighted by molar-refractivity contribution is 7.16. The summed E-state index contributed by atoms with van der Waals surface area (Å²) >= 11 is 1.42. The molecule has 1 aliphatic rings. The van der Waals surface area contributed by atoms with Gasteiger partial charge in [0, 0.05) is 60.1 Å². The second-order valence-corrected chi connectivity index (χ2v) is 9.71. The quantitative estimate of drug-likeness (QED) is 0.435. The lowest BCUT2D eigenvalue weighted by molar-refractivity contribution is 0.0783. The molecule has 4 heterocycles. The number of hydrogen-bond acceptors (Lipinski definition) is 7. The molecule has 0 saturated carbocycles. The lowest BCUT2D eigenvalue weighted by atomic mass is 10.1. The van der Waals surface area contributed by atoms with E-state index >= 15 is 0 Å². The van der Waals surface area contributed by atoms with Crippen LogP contribution in [0.25, 0.3) is 21.6 Å².